The van der Waals surface area contributed by atoms with Crippen molar-refractivity contribution in [1.82, 2.24) is 10.0 Å². The molecular formula is C15H22ClN3O2S. The van der Waals surface area contributed by atoms with Crippen LogP contribution in [0.3, 0.4) is 0 Å². The van der Waals surface area contributed by atoms with Crippen LogP contribution >= 0.6 is 12.4 Å². The number of piperidine rings is 1. The molecule has 22 heavy (non-hydrogen) atoms. The Morgan fingerprint density at radius 3 is 2.86 bits per heavy atom. The molecule has 1 heterocycles. The fourth-order valence-electron chi connectivity index (χ4n) is 2.55. The van der Waals surface area contributed by atoms with E-state index < -0.39 is 10.0 Å². The van der Waals surface area contributed by atoms with Gasteiger partial charge < -0.3 is 5.32 Å². The lowest BCUT2D eigenvalue weighted by Crippen LogP contribution is -2.45. The van der Waals surface area contributed by atoms with E-state index in [1.165, 1.54) is 0 Å². The Balaban J connectivity index is 0.00000242. The van der Waals surface area contributed by atoms with Crippen LogP contribution < -0.4 is 10.0 Å². The maximum atomic E-state index is 12.2. The van der Waals surface area contributed by atoms with E-state index in [9.17, 15) is 8.42 Å². The lowest BCUT2D eigenvalue weighted by atomic mass is 9.83. The number of nitrogens with zero attached hydrogens (tertiary/aromatic N) is 1. The number of rotatable bonds is 5. The van der Waals surface area contributed by atoms with Crippen LogP contribution in [-0.2, 0) is 15.8 Å². The highest BCUT2D eigenvalue weighted by atomic mass is 35.5. The number of benzene rings is 1. The van der Waals surface area contributed by atoms with Crippen molar-refractivity contribution in [2.24, 2.45) is 5.41 Å². The maximum absolute atomic E-state index is 12.2. The second kappa shape index (κ2) is 7.93. The Hall–Kier alpha value is -1.13. The SMILES string of the molecule is CC1(CNS(=O)(=O)Cc2cccc(C#N)c2)CCCNC1.Cl. The Labute approximate surface area is 138 Å². The van der Waals surface area contributed by atoms with Crippen LogP contribution in [-0.4, -0.2) is 28.1 Å². The topological polar surface area (TPSA) is 82.0 Å². The number of nitrogens with one attached hydrogen (secondary N) is 2. The summed E-state index contributed by atoms with van der Waals surface area (Å²) in [6.45, 7) is 4.38. The average molecular weight is 344 g/mol. The zero-order chi connectivity index (χ0) is 15.3. The van der Waals surface area contributed by atoms with Gasteiger partial charge in [-0.25, -0.2) is 13.1 Å². The summed E-state index contributed by atoms with van der Waals surface area (Å²) in [5, 5.41) is 12.2. The molecule has 1 atom stereocenters. The number of nitriles is 1. The third kappa shape index (κ3) is 5.58. The molecule has 2 rings (SSSR count). The largest absolute Gasteiger partial charge is 0.316 e. The van der Waals surface area contributed by atoms with Crippen molar-refractivity contribution >= 4 is 22.4 Å². The van der Waals surface area contributed by atoms with Crippen LogP contribution in [0, 0.1) is 16.7 Å². The number of hydrogen-bond donors (Lipinski definition) is 2. The molecule has 1 saturated heterocycles. The van der Waals surface area contributed by atoms with Crippen LogP contribution in [0.5, 0.6) is 0 Å². The highest BCUT2D eigenvalue weighted by Crippen LogP contribution is 2.24. The Kier molecular flexibility index (Phi) is 6.82. The fraction of sp³-hybridized carbons (Fsp3) is 0.533. The van der Waals surface area contributed by atoms with Gasteiger partial charge in [-0.3, -0.25) is 0 Å². The van der Waals surface area contributed by atoms with Crippen LogP contribution in [0.4, 0.5) is 0 Å². The summed E-state index contributed by atoms with van der Waals surface area (Å²) < 4.78 is 27.0. The van der Waals surface area contributed by atoms with Gasteiger partial charge in [0.1, 0.15) is 0 Å². The van der Waals surface area contributed by atoms with Crippen molar-refractivity contribution in [1.29, 1.82) is 5.26 Å². The second-order valence-electron chi connectivity index (χ2n) is 5.98. The second-order valence-corrected chi connectivity index (χ2v) is 7.79. The minimum absolute atomic E-state index is 0. The molecule has 0 amide bonds. The maximum Gasteiger partial charge on any atom is 0.215 e. The monoisotopic (exact) mass is 343 g/mol. The average Bonchev–Trinajstić information content (AvgIpc) is 2.46. The predicted molar refractivity (Wildman–Crippen MR) is 89.2 cm³/mol. The van der Waals surface area contributed by atoms with Crippen LogP contribution in [0.15, 0.2) is 24.3 Å². The van der Waals surface area contributed by atoms with Crippen molar-refractivity contribution < 1.29 is 8.42 Å². The first-order valence-electron chi connectivity index (χ1n) is 7.10. The zero-order valence-corrected chi connectivity index (χ0v) is 14.3. The van der Waals surface area contributed by atoms with E-state index in [1.807, 2.05) is 6.07 Å². The van der Waals surface area contributed by atoms with Gasteiger partial charge in [0.05, 0.1) is 17.4 Å². The summed E-state index contributed by atoms with van der Waals surface area (Å²) in [4.78, 5) is 0. The molecule has 0 saturated carbocycles. The van der Waals surface area contributed by atoms with Gasteiger partial charge in [0.25, 0.3) is 0 Å². The van der Waals surface area contributed by atoms with Crippen LogP contribution in [0.25, 0.3) is 0 Å². The molecule has 1 fully saturated rings. The first-order valence-corrected chi connectivity index (χ1v) is 8.75. The summed E-state index contributed by atoms with van der Waals surface area (Å²) in [5.41, 5.74) is 1.08. The van der Waals surface area contributed by atoms with Gasteiger partial charge in [0, 0.05) is 13.1 Å². The van der Waals surface area contributed by atoms with Crippen molar-refractivity contribution in [3.8, 4) is 6.07 Å². The molecule has 0 aliphatic carbocycles. The molecule has 122 valence electrons. The lowest BCUT2D eigenvalue weighted by molar-refractivity contribution is 0.238. The molecular weight excluding hydrogens is 322 g/mol. The van der Waals surface area contributed by atoms with E-state index >= 15 is 0 Å². The fourth-order valence-corrected chi connectivity index (χ4v) is 3.84. The molecule has 1 aliphatic heterocycles. The van der Waals surface area contributed by atoms with Gasteiger partial charge in [-0.2, -0.15) is 5.26 Å². The molecule has 2 N–H and O–H groups in total. The normalized spacial score (nSPS) is 21.6. The minimum Gasteiger partial charge on any atom is -0.316 e. The van der Waals surface area contributed by atoms with Crippen molar-refractivity contribution in [3.05, 3.63) is 35.4 Å². The van der Waals surface area contributed by atoms with Crippen molar-refractivity contribution in [2.45, 2.75) is 25.5 Å². The molecule has 1 unspecified atom stereocenters. The number of hydrogen-bond acceptors (Lipinski definition) is 4. The minimum atomic E-state index is -3.38. The Morgan fingerprint density at radius 1 is 1.45 bits per heavy atom. The highest BCUT2D eigenvalue weighted by molar-refractivity contribution is 7.88. The van der Waals surface area contributed by atoms with Crippen LogP contribution in [0.1, 0.15) is 30.9 Å². The molecule has 0 aromatic heterocycles. The van der Waals surface area contributed by atoms with E-state index in [0.29, 0.717) is 17.7 Å². The summed E-state index contributed by atoms with van der Waals surface area (Å²) in [6, 6.07) is 8.73. The van der Waals surface area contributed by atoms with Gasteiger partial charge >= 0.3 is 0 Å². The van der Waals surface area contributed by atoms with E-state index in [4.69, 9.17) is 5.26 Å². The highest BCUT2D eigenvalue weighted by Gasteiger charge is 2.28. The molecule has 0 radical (unpaired) electrons. The third-order valence-corrected chi connectivity index (χ3v) is 5.11. The van der Waals surface area contributed by atoms with Gasteiger partial charge in [-0.05, 0) is 42.5 Å². The summed E-state index contributed by atoms with van der Waals surface area (Å²) in [7, 11) is -3.38. The van der Waals surface area contributed by atoms with Crippen molar-refractivity contribution in [3.63, 3.8) is 0 Å². The molecule has 7 heteroatoms. The first-order chi connectivity index (χ1) is 9.92. The predicted octanol–water partition coefficient (Wildman–Crippen LogP) is 1.79. The smallest absolute Gasteiger partial charge is 0.215 e. The number of halogens is 1. The van der Waals surface area contributed by atoms with Crippen LogP contribution in [0.2, 0.25) is 0 Å². The molecule has 1 aliphatic rings. The van der Waals surface area contributed by atoms with Gasteiger partial charge in [-0.15, -0.1) is 12.4 Å². The van der Waals surface area contributed by atoms with Crippen molar-refractivity contribution in [2.75, 3.05) is 19.6 Å². The zero-order valence-electron chi connectivity index (χ0n) is 12.6. The molecule has 0 spiro atoms. The summed E-state index contributed by atoms with van der Waals surface area (Å²) in [6.07, 6.45) is 2.09. The lowest BCUT2D eigenvalue weighted by Gasteiger charge is -2.34. The molecule has 0 bridgehead atoms. The Morgan fingerprint density at radius 2 is 2.23 bits per heavy atom. The van der Waals surface area contributed by atoms with E-state index in [1.54, 1.807) is 24.3 Å². The quantitative estimate of drug-likeness (QED) is 0.854. The Bertz CT molecular complexity index is 634. The van der Waals surface area contributed by atoms with E-state index in [-0.39, 0.29) is 23.6 Å². The van der Waals surface area contributed by atoms with E-state index in [0.717, 1.165) is 25.9 Å². The summed E-state index contributed by atoms with van der Waals surface area (Å²) >= 11 is 0. The van der Waals surface area contributed by atoms with Gasteiger partial charge in [0.15, 0.2) is 0 Å². The first kappa shape index (κ1) is 18.9. The number of sulfonamides is 1. The molecule has 1 aromatic rings. The van der Waals surface area contributed by atoms with Gasteiger partial charge in [0.2, 0.25) is 10.0 Å². The molecule has 5 nitrogen and oxygen atoms in total. The van der Waals surface area contributed by atoms with E-state index in [2.05, 4.69) is 17.0 Å². The third-order valence-electron chi connectivity index (χ3n) is 3.82. The van der Waals surface area contributed by atoms with Gasteiger partial charge in [-0.1, -0.05) is 19.1 Å². The standard InChI is InChI=1S/C15H21N3O2S.ClH/c1-15(6-3-7-17-11-15)12-18-21(19,20)10-14-5-2-4-13(8-14)9-16;/h2,4-5,8,17-18H,3,6-7,10-12H2,1H3;1H. The summed E-state index contributed by atoms with van der Waals surface area (Å²) in [5.74, 6) is -0.0912. The molecule has 1 aromatic carbocycles.